The van der Waals surface area contributed by atoms with Gasteiger partial charge in [0.05, 0.1) is 18.7 Å². The minimum absolute atomic E-state index is 0.0660. The summed E-state index contributed by atoms with van der Waals surface area (Å²) in [6.45, 7) is 4.91. The lowest BCUT2D eigenvalue weighted by Gasteiger charge is -2.26. The molecule has 0 radical (unpaired) electrons. The van der Waals surface area contributed by atoms with Crippen LogP contribution in [-0.2, 0) is 4.74 Å². The second kappa shape index (κ2) is 6.60. The molecule has 1 amide bonds. The molecule has 6 heteroatoms. The molecule has 1 aromatic heterocycles. The van der Waals surface area contributed by atoms with Crippen LogP contribution in [0.2, 0.25) is 0 Å². The van der Waals surface area contributed by atoms with Crippen LogP contribution in [-0.4, -0.2) is 60.2 Å². The number of carbonyl (C=O) groups excluding carboxylic acids is 1. The van der Waals surface area contributed by atoms with Crippen molar-refractivity contribution in [2.45, 2.75) is 0 Å². The molecule has 0 spiro atoms. The molecule has 1 aliphatic rings. The highest BCUT2D eigenvalue weighted by Gasteiger charge is 2.11. The molecule has 1 fully saturated rings. The van der Waals surface area contributed by atoms with Crippen LogP contribution in [0.1, 0.15) is 10.4 Å². The standard InChI is InChI=1S/C15H18N4O2/c20-15(17-3-4-19-5-7-21-8-6-19)12-1-2-13-10-16-11-18-14(13)9-12/h1-2,9-11H,3-8H2,(H,17,20). The number of aromatic nitrogens is 2. The number of fused-ring (bicyclic) bond motifs is 1. The van der Waals surface area contributed by atoms with Crippen molar-refractivity contribution < 1.29 is 9.53 Å². The van der Waals surface area contributed by atoms with E-state index in [1.165, 1.54) is 6.33 Å². The first-order valence-corrected chi connectivity index (χ1v) is 7.11. The number of carbonyl (C=O) groups is 1. The average Bonchev–Trinajstić information content (AvgIpc) is 2.55. The van der Waals surface area contributed by atoms with E-state index < -0.39 is 0 Å². The Hall–Kier alpha value is -2.05. The van der Waals surface area contributed by atoms with Gasteiger partial charge in [-0.2, -0.15) is 0 Å². The Morgan fingerprint density at radius 3 is 3.05 bits per heavy atom. The first-order valence-electron chi connectivity index (χ1n) is 7.11. The van der Waals surface area contributed by atoms with E-state index in [4.69, 9.17) is 4.74 Å². The quantitative estimate of drug-likeness (QED) is 0.896. The van der Waals surface area contributed by atoms with Crippen LogP contribution in [0.5, 0.6) is 0 Å². The van der Waals surface area contributed by atoms with Gasteiger partial charge in [-0.05, 0) is 12.1 Å². The number of morpholine rings is 1. The number of nitrogens with zero attached hydrogens (tertiary/aromatic N) is 3. The Balaban J connectivity index is 1.56. The first kappa shape index (κ1) is 13.9. The number of amides is 1. The number of ether oxygens (including phenoxy) is 1. The lowest BCUT2D eigenvalue weighted by molar-refractivity contribution is 0.0383. The van der Waals surface area contributed by atoms with Crippen LogP contribution >= 0.6 is 0 Å². The molecule has 21 heavy (non-hydrogen) atoms. The largest absolute Gasteiger partial charge is 0.379 e. The third kappa shape index (κ3) is 3.53. The summed E-state index contributed by atoms with van der Waals surface area (Å²) < 4.78 is 5.30. The van der Waals surface area contributed by atoms with Crippen molar-refractivity contribution in [2.24, 2.45) is 0 Å². The Morgan fingerprint density at radius 2 is 2.19 bits per heavy atom. The smallest absolute Gasteiger partial charge is 0.251 e. The third-order valence-electron chi connectivity index (χ3n) is 3.59. The molecule has 0 saturated carbocycles. The number of rotatable bonds is 4. The maximum absolute atomic E-state index is 12.1. The molecular weight excluding hydrogens is 268 g/mol. The number of hydrogen-bond donors (Lipinski definition) is 1. The van der Waals surface area contributed by atoms with E-state index >= 15 is 0 Å². The summed E-state index contributed by atoms with van der Waals surface area (Å²) in [4.78, 5) is 22.5. The van der Waals surface area contributed by atoms with Gasteiger partial charge in [-0.3, -0.25) is 9.69 Å². The molecule has 1 N–H and O–H groups in total. The minimum atomic E-state index is -0.0660. The molecule has 1 saturated heterocycles. The van der Waals surface area contributed by atoms with Crippen LogP contribution in [0.25, 0.3) is 10.9 Å². The molecule has 1 aromatic carbocycles. The van der Waals surface area contributed by atoms with E-state index in [1.807, 2.05) is 6.07 Å². The zero-order chi connectivity index (χ0) is 14.5. The normalized spacial score (nSPS) is 16.0. The first-order chi connectivity index (χ1) is 10.3. The lowest BCUT2D eigenvalue weighted by atomic mass is 10.1. The fourth-order valence-electron chi connectivity index (χ4n) is 2.37. The van der Waals surface area contributed by atoms with Crippen LogP contribution in [0.4, 0.5) is 0 Å². The maximum atomic E-state index is 12.1. The average molecular weight is 286 g/mol. The number of hydrogen-bond acceptors (Lipinski definition) is 5. The van der Waals surface area contributed by atoms with Gasteiger partial charge in [-0.25, -0.2) is 9.97 Å². The molecule has 1 aliphatic heterocycles. The van der Waals surface area contributed by atoms with Gasteiger partial charge in [0.25, 0.3) is 5.91 Å². The monoisotopic (exact) mass is 286 g/mol. The highest BCUT2D eigenvalue weighted by molar-refractivity contribution is 5.97. The molecule has 110 valence electrons. The van der Waals surface area contributed by atoms with Gasteiger partial charge < -0.3 is 10.1 Å². The molecule has 0 unspecified atom stereocenters. The van der Waals surface area contributed by atoms with Gasteiger partial charge in [-0.1, -0.05) is 6.07 Å². The Bertz CT molecular complexity index is 626. The van der Waals surface area contributed by atoms with Crippen LogP contribution < -0.4 is 5.32 Å². The van der Waals surface area contributed by atoms with E-state index in [-0.39, 0.29) is 5.91 Å². The maximum Gasteiger partial charge on any atom is 0.251 e. The van der Waals surface area contributed by atoms with Crippen molar-refractivity contribution in [2.75, 3.05) is 39.4 Å². The summed E-state index contributed by atoms with van der Waals surface area (Å²) >= 11 is 0. The molecule has 6 nitrogen and oxygen atoms in total. The molecule has 0 atom stereocenters. The zero-order valence-corrected chi connectivity index (χ0v) is 11.8. The number of nitrogens with one attached hydrogen (secondary N) is 1. The van der Waals surface area contributed by atoms with Crippen LogP contribution in [0, 0.1) is 0 Å². The van der Waals surface area contributed by atoms with Gasteiger partial charge in [0.1, 0.15) is 6.33 Å². The summed E-state index contributed by atoms with van der Waals surface area (Å²) in [5.41, 5.74) is 1.41. The van der Waals surface area contributed by atoms with Crippen molar-refractivity contribution >= 4 is 16.8 Å². The summed E-state index contributed by atoms with van der Waals surface area (Å²) in [5.74, 6) is -0.0660. The Labute approximate surface area is 123 Å². The highest BCUT2D eigenvalue weighted by Crippen LogP contribution is 2.11. The van der Waals surface area contributed by atoms with E-state index in [0.29, 0.717) is 12.1 Å². The predicted molar refractivity (Wildman–Crippen MR) is 79.1 cm³/mol. The molecule has 0 bridgehead atoms. The number of benzene rings is 1. The zero-order valence-electron chi connectivity index (χ0n) is 11.8. The van der Waals surface area contributed by atoms with Crippen molar-refractivity contribution in [3.05, 3.63) is 36.3 Å². The Kier molecular flexibility index (Phi) is 4.37. The van der Waals surface area contributed by atoms with Gasteiger partial charge in [0.15, 0.2) is 0 Å². The van der Waals surface area contributed by atoms with Crippen molar-refractivity contribution in [3.63, 3.8) is 0 Å². The molecular formula is C15H18N4O2. The molecule has 0 aliphatic carbocycles. The van der Waals surface area contributed by atoms with Gasteiger partial charge in [0, 0.05) is 43.3 Å². The second-order valence-electron chi connectivity index (χ2n) is 5.01. The fraction of sp³-hybridized carbons (Fsp3) is 0.400. The van der Waals surface area contributed by atoms with E-state index in [2.05, 4.69) is 20.2 Å². The van der Waals surface area contributed by atoms with Crippen molar-refractivity contribution in [1.82, 2.24) is 20.2 Å². The van der Waals surface area contributed by atoms with Gasteiger partial charge in [-0.15, -0.1) is 0 Å². The van der Waals surface area contributed by atoms with E-state index in [9.17, 15) is 4.79 Å². The topological polar surface area (TPSA) is 67.4 Å². The van der Waals surface area contributed by atoms with Gasteiger partial charge in [0.2, 0.25) is 0 Å². The van der Waals surface area contributed by atoms with E-state index in [1.54, 1.807) is 18.3 Å². The third-order valence-corrected chi connectivity index (χ3v) is 3.59. The van der Waals surface area contributed by atoms with Crippen molar-refractivity contribution in [1.29, 1.82) is 0 Å². The Morgan fingerprint density at radius 1 is 1.33 bits per heavy atom. The second-order valence-corrected chi connectivity index (χ2v) is 5.01. The molecule has 3 rings (SSSR count). The highest BCUT2D eigenvalue weighted by atomic mass is 16.5. The van der Waals surface area contributed by atoms with Gasteiger partial charge >= 0.3 is 0 Å². The molecule has 2 heterocycles. The predicted octanol–water partition coefficient (Wildman–Crippen LogP) is 0.692. The molecule has 2 aromatic rings. The summed E-state index contributed by atoms with van der Waals surface area (Å²) in [6, 6.07) is 5.46. The van der Waals surface area contributed by atoms with E-state index in [0.717, 1.165) is 43.8 Å². The summed E-state index contributed by atoms with van der Waals surface area (Å²) in [7, 11) is 0. The van der Waals surface area contributed by atoms with Crippen molar-refractivity contribution in [3.8, 4) is 0 Å². The van der Waals surface area contributed by atoms with Crippen LogP contribution in [0.3, 0.4) is 0 Å². The van der Waals surface area contributed by atoms with Crippen LogP contribution in [0.15, 0.2) is 30.7 Å². The fourth-order valence-corrected chi connectivity index (χ4v) is 2.37. The summed E-state index contributed by atoms with van der Waals surface area (Å²) in [5, 5.41) is 3.88. The SMILES string of the molecule is O=C(NCCN1CCOCC1)c1ccc2cncnc2c1. The minimum Gasteiger partial charge on any atom is -0.379 e. The lowest BCUT2D eigenvalue weighted by Crippen LogP contribution is -2.41. The summed E-state index contributed by atoms with van der Waals surface area (Å²) in [6.07, 6.45) is 3.23.